The molecule has 3 aromatic carbocycles. The van der Waals surface area contributed by atoms with E-state index in [1.165, 1.54) is 0 Å². The first-order valence-electron chi connectivity index (χ1n) is 8.17. The lowest BCUT2D eigenvalue weighted by molar-refractivity contribution is 0.414. The van der Waals surface area contributed by atoms with Crippen LogP contribution in [0.4, 0.5) is 5.69 Å². The number of hydrogen-bond donors (Lipinski definition) is 2. The normalized spacial score (nSPS) is 11.5. The molecule has 0 bridgehead atoms. The lowest BCUT2D eigenvalue weighted by Gasteiger charge is -2.22. The van der Waals surface area contributed by atoms with E-state index in [0.717, 1.165) is 22.6 Å². The smallest absolute Gasteiger partial charge is 0.171 e. The van der Waals surface area contributed by atoms with E-state index in [1.54, 1.807) is 7.11 Å². The van der Waals surface area contributed by atoms with Gasteiger partial charge in [0.15, 0.2) is 5.11 Å². The molecule has 0 fully saturated rings. The van der Waals surface area contributed by atoms with Crippen molar-refractivity contribution in [3.05, 3.63) is 95.0 Å². The maximum Gasteiger partial charge on any atom is 0.171 e. The van der Waals surface area contributed by atoms with Gasteiger partial charge in [0.1, 0.15) is 5.75 Å². The number of halogens is 1. The van der Waals surface area contributed by atoms with Gasteiger partial charge >= 0.3 is 0 Å². The monoisotopic (exact) mass is 382 g/mol. The molecule has 0 unspecified atom stereocenters. The Labute approximate surface area is 164 Å². The van der Waals surface area contributed by atoms with Crippen molar-refractivity contribution in [2.24, 2.45) is 0 Å². The van der Waals surface area contributed by atoms with E-state index in [-0.39, 0.29) is 6.04 Å². The summed E-state index contributed by atoms with van der Waals surface area (Å²) in [5, 5.41) is 7.82. The summed E-state index contributed by atoms with van der Waals surface area (Å²) in [6, 6.07) is 25.5. The molecule has 3 rings (SSSR count). The topological polar surface area (TPSA) is 33.3 Å². The number of benzene rings is 3. The summed E-state index contributed by atoms with van der Waals surface area (Å²) >= 11 is 11.4. The van der Waals surface area contributed by atoms with Crippen LogP contribution in [0.5, 0.6) is 5.75 Å². The van der Waals surface area contributed by atoms with Crippen molar-refractivity contribution in [2.75, 3.05) is 12.4 Å². The minimum absolute atomic E-state index is 0.0746. The first kappa shape index (κ1) is 18.2. The van der Waals surface area contributed by atoms with E-state index < -0.39 is 0 Å². The summed E-state index contributed by atoms with van der Waals surface area (Å²) in [5.74, 6) is 0.822. The molecule has 0 aliphatic heterocycles. The second-order valence-corrected chi connectivity index (χ2v) is 6.57. The minimum Gasteiger partial charge on any atom is -0.497 e. The van der Waals surface area contributed by atoms with Crippen molar-refractivity contribution in [3.8, 4) is 5.75 Å². The molecule has 2 N–H and O–H groups in total. The molecule has 0 amide bonds. The van der Waals surface area contributed by atoms with Crippen LogP contribution in [0.25, 0.3) is 0 Å². The fourth-order valence-electron chi connectivity index (χ4n) is 2.63. The second kappa shape index (κ2) is 8.70. The first-order valence-corrected chi connectivity index (χ1v) is 8.96. The van der Waals surface area contributed by atoms with Gasteiger partial charge in [0.25, 0.3) is 0 Å². The molecule has 0 saturated carbocycles. The van der Waals surface area contributed by atoms with Crippen molar-refractivity contribution in [3.63, 3.8) is 0 Å². The molecule has 132 valence electrons. The summed E-state index contributed by atoms with van der Waals surface area (Å²) < 4.78 is 5.26. The molecule has 0 heterocycles. The Morgan fingerprint density at radius 3 is 2.12 bits per heavy atom. The Hall–Kier alpha value is -2.56. The highest BCUT2D eigenvalue weighted by Crippen LogP contribution is 2.24. The number of nitrogens with one attached hydrogen (secondary N) is 2. The van der Waals surface area contributed by atoms with Gasteiger partial charge in [0.2, 0.25) is 0 Å². The average Bonchev–Trinajstić information content (AvgIpc) is 2.69. The van der Waals surface area contributed by atoms with Gasteiger partial charge < -0.3 is 15.4 Å². The largest absolute Gasteiger partial charge is 0.497 e. The lowest BCUT2D eigenvalue weighted by Crippen LogP contribution is -2.33. The van der Waals surface area contributed by atoms with E-state index in [4.69, 9.17) is 28.6 Å². The lowest BCUT2D eigenvalue weighted by atomic mass is 9.99. The van der Waals surface area contributed by atoms with Gasteiger partial charge in [-0.05, 0) is 59.7 Å². The van der Waals surface area contributed by atoms with Crippen LogP contribution in [0, 0.1) is 0 Å². The molecule has 26 heavy (non-hydrogen) atoms. The Balaban J connectivity index is 1.81. The van der Waals surface area contributed by atoms with E-state index in [2.05, 4.69) is 22.8 Å². The van der Waals surface area contributed by atoms with Gasteiger partial charge in [-0.25, -0.2) is 0 Å². The van der Waals surface area contributed by atoms with Crippen LogP contribution >= 0.6 is 23.8 Å². The molecule has 5 heteroatoms. The Morgan fingerprint density at radius 2 is 1.50 bits per heavy atom. The van der Waals surface area contributed by atoms with Gasteiger partial charge in [0.05, 0.1) is 13.2 Å². The van der Waals surface area contributed by atoms with Crippen LogP contribution in [0.3, 0.4) is 0 Å². The van der Waals surface area contributed by atoms with Crippen LogP contribution in [0.2, 0.25) is 5.02 Å². The highest BCUT2D eigenvalue weighted by Gasteiger charge is 2.15. The van der Waals surface area contributed by atoms with Crippen molar-refractivity contribution in [1.82, 2.24) is 5.32 Å². The molecule has 3 nitrogen and oxygen atoms in total. The standard InChI is InChI=1S/C21H19ClN2OS/c1-25-19-13-7-16(8-14-19)20(15-5-3-2-4-6-15)24-21(26)23-18-11-9-17(22)10-12-18/h2-14,20H,1H3,(H2,23,24,26)/t20-/m1/s1. The van der Waals surface area contributed by atoms with Crippen LogP contribution in [0.1, 0.15) is 17.2 Å². The number of rotatable bonds is 5. The number of hydrogen-bond acceptors (Lipinski definition) is 2. The van der Waals surface area contributed by atoms with E-state index in [1.807, 2.05) is 66.7 Å². The quantitative estimate of drug-likeness (QED) is 0.577. The zero-order valence-corrected chi connectivity index (χ0v) is 15.8. The van der Waals surface area contributed by atoms with E-state index >= 15 is 0 Å². The van der Waals surface area contributed by atoms with Gasteiger partial charge in [-0.3, -0.25) is 0 Å². The van der Waals surface area contributed by atoms with Crippen LogP contribution in [-0.2, 0) is 0 Å². The summed E-state index contributed by atoms with van der Waals surface area (Å²) in [4.78, 5) is 0. The Kier molecular flexibility index (Phi) is 6.10. The predicted octanol–water partition coefficient (Wildman–Crippen LogP) is 5.42. The second-order valence-electron chi connectivity index (χ2n) is 5.72. The van der Waals surface area contributed by atoms with Crippen LogP contribution < -0.4 is 15.4 Å². The SMILES string of the molecule is COc1ccc([C@H](NC(=S)Nc2ccc(Cl)cc2)c2ccccc2)cc1. The van der Waals surface area contributed by atoms with E-state index in [9.17, 15) is 0 Å². The number of ether oxygens (including phenoxy) is 1. The van der Waals surface area contributed by atoms with Crippen LogP contribution in [0.15, 0.2) is 78.9 Å². The molecule has 3 aromatic rings. The van der Waals surface area contributed by atoms with Crippen molar-refractivity contribution < 1.29 is 4.74 Å². The molecule has 0 aliphatic carbocycles. The first-order chi connectivity index (χ1) is 12.7. The highest BCUT2D eigenvalue weighted by atomic mass is 35.5. The molecular formula is C21H19ClN2OS. The van der Waals surface area contributed by atoms with Gasteiger partial charge in [-0.15, -0.1) is 0 Å². The molecule has 0 spiro atoms. The maximum atomic E-state index is 5.93. The fraction of sp³-hybridized carbons (Fsp3) is 0.0952. The van der Waals surface area contributed by atoms with Crippen molar-refractivity contribution >= 4 is 34.6 Å². The number of methoxy groups -OCH3 is 1. The van der Waals surface area contributed by atoms with E-state index in [0.29, 0.717) is 10.1 Å². The minimum atomic E-state index is -0.0746. The third-order valence-corrected chi connectivity index (χ3v) is 4.43. The summed E-state index contributed by atoms with van der Waals surface area (Å²) in [6.07, 6.45) is 0. The van der Waals surface area contributed by atoms with Crippen molar-refractivity contribution in [1.29, 1.82) is 0 Å². The molecular weight excluding hydrogens is 364 g/mol. The molecule has 0 aromatic heterocycles. The summed E-state index contributed by atoms with van der Waals surface area (Å²) in [6.45, 7) is 0. The zero-order chi connectivity index (χ0) is 18.4. The Morgan fingerprint density at radius 1 is 0.885 bits per heavy atom. The highest BCUT2D eigenvalue weighted by molar-refractivity contribution is 7.80. The zero-order valence-electron chi connectivity index (χ0n) is 14.3. The van der Waals surface area contributed by atoms with Gasteiger partial charge in [0, 0.05) is 10.7 Å². The number of anilines is 1. The average molecular weight is 383 g/mol. The van der Waals surface area contributed by atoms with Gasteiger partial charge in [-0.1, -0.05) is 54.1 Å². The predicted molar refractivity (Wildman–Crippen MR) is 112 cm³/mol. The molecule has 0 aliphatic rings. The molecule has 0 radical (unpaired) electrons. The maximum absolute atomic E-state index is 5.93. The Bertz CT molecular complexity index is 851. The summed E-state index contributed by atoms with van der Waals surface area (Å²) in [5.41, 5.74) is 3.10. The molecule has 1 atom stereocenters. The molecule has 0 saturated heterocycles. The third kappa shape index (κ3) is 4.75. The third-order valence-electron chi connectivity index (χ3n) is 3.96. The van der Waals surface area contributed by atoms with Crippen molar-refractivity contribution in [2.45, 2.75) is 6.04 Å². The fourth-order valence-corrected chi connectivity index (χ4v) is 2.99. The number of thiocarbonyl (C=S) groups is 1. The summed E-state index contributed by atoms with van der Waals surface area (Å²) in [7, 11) is 1.66. The van der Waals surface area contributed by atoms with Crippen LogP contribution in [-0.4, -0.2) is 12.2 Å². The van der Waals surface area contributed by atoms with Gasteiger partial charge in [-0.2, -0.15) is 0 Å².